The number of nitrogens with two attached hydrogens (primary N) is 2. The number of carbonyl (C=O) groups excluding carboxylic acids is 3. The number of aromatic hydroxyl groups is 1. The minimum absolute atomic E-state index is 0. The van der Waals surface area contributed by atoms with Crippen molar-refractivity contribution in [1.82, 2.24) is 0 Å². The Kier molecular flexibility index (Phi) is 13.4. The van der Waals surface area contributed by atoms with E-state index in [1.807, 2.05) is 0 Å². The van der Waals surface area contributed by atoms with Gasteiger partial charge in [-0.25, -0.2) is 0 Å². The molecule has 1 amide bonds. The second-order valence-corrected chi connectivity index (χ2v) is 8.68. The van der Waals surface area contributed by atoms with Gasteiger partial charge in [0, 0.05) is 30.4 Å². The molecule has 1 aromatic rings. The van der Waals surface area contributed by atoms with Crippen molar-refractivity contribution in [3.8, 4) is 5.75 Å². The summed E-state index contributed by atoms with van der Waals surface area (Å²) in [6.07, 6.45) is 0.359. The van der Waals surface area contributed by atoms with Gasteiger partial charge in [-0.1, -0.05) is 39.8 Å². The van der Waals surface area contributed by atoms with Crippen LogP contribution in [0.2, 0.25) is 0 Å². The van der Waals surface area contributed by atoms with Crippen LogP contribution >= 0.6 is 21.6 Å². The summed E-state index contributed by atoms with van der Waals surface area (Å²) < 4.78 is 0. The average molecular weight is 437 g/mol. The molecule has 0 unspecified atom stereocenters. The van der Waals surface area contributed by atoms with Crippen molar-refractivity contribution < 1.29 is 70.9 Å². The van der Waals surface area contributed by atoms with Gasteiger partial charge in [-0.2, -0.15) is 0 Å². The molecule has 0 aliphatic carbocycles. The molecular formula is C17H23KN3O4S2-. The second-order valence-electron chi connectivity index (χ2n) is 6.13. The van der Waals surface area contributed by atoms with Gasteiger partial charge in [-0.15, -0.1) is 0 Å². The molecule has 0 aromatic heterocycles. The van der Waals surface area contributed by atoms with Gasteiger partial charge in [0.25, 0.3) is 0 Å². The molecule has 0 saturated carbocycles. The number of hydrogen-bond donors (Lipinski definition) is 2. The molecule has 1 aliphatic heterocycles. The predicted molar refractivity (Wildman–Crippen MR) is 106 cm³/mol. The maximum Gasteiger partial charge on any atom is 1.00 e. The van der Waals surface area contributed by atoms with Crippen LogP contribution in [-0.4, -0.2) is 40.1 Å². The third-order valence-electron chi connectivity index (χ3n) is 4.15. The fourth-order valence-electron chi connectivity index (χ4n) is 2.59. The summed E-state index contributed by atoms with van der Waals surface area (Å²) >= 11 is 0. The van der Waals surface area contributed by atoms with E-state index in [0.29, 0.717) is 17.9 Å². The number of phenolic OH excluding ortho intramolecular Hbond substituents is 1. The number of hydrogen-bond acceptors (Lipinski definition) is 6. The number of ketones is 2. The number of primary amides is 1. The first-order chi connectivity index (χ1) is 11.9. The minimum atomic E-state index is -0.794. The summed E-state index contributed by atoms with van der Waals surface area (Å²) in [7, 11) is 2.92. The van der Waals surface area contributed by atoms with Crippen LogP contribution in [0.25, 0.3) is 11.9 Å². The van der Waals surface area contributed by atoms with Crippen molar-refractivity contribution in [2.45, 2.75) is 25.3 Å². The zero-order valence-corrected chi connectivity index (χ0v) is 20.0. The van der Waals surface area contributed by atoms with E-state index < -0.39 is 23.8 Å². The molecule has 2 rings (SSSR count). The van der Waals surface area contributed by atoms with Crippen LogP contribution in [-0.2, 0) is 20.8 Å². The van der Waals surface area contributed by atoms with Crippen LogP contribution < -0.4 is 57.1 Å². The van der Waals surface area contributed by atoms with E-state index in [4.69, 9.17) is 11.5 Å². The zero-order valence-electron chi connectivity index (χ0n) is 15.2. The molecule has 144 valence electrons. The smallest absolute Gasteiger partial charge is 0.693 e. The van der Waals surface area contributed by atoms with Gasteiger partial charge in [-0.3, -0.25) is 9.59 Å². The van der Waals surface area contributed by atoms with Crippen LogP contribution in [0, 0.1) is 11.8 Å². The molecule has 7 nitrogen and oxygen atoms in total. The van der Waals surface area contributed by atoms with Gasteiger partial charge in [0.2, 0.25) is 5.91 Å². The molecule has 1 aliphatic rings. The Bertz CT molecular complexity index is 646. The summed E-state index contributed by atoms with van der Waals surface area (Å²) in [4.78, 5) is 36.3. The predicted octanol–water partition coefficient (Wildman–Crippen LogP) is 0.108. The largest absolute Gasteiger partial charge is 1.00 e. The second kappa shape index (κ2) is 13.3. The van der Waals surface area contributed by atoms with Crippen LogP contribution in [0.1, 0.15) is 18.4 Å². The number of Topliss-reactive ketones (excluding diaryl/α,β-unsaturated/α-hetero) is 2. The SMILES string of the molecule is [K+].[NH-][C@H]1CSSC[C@@H](C(=O)C[C@@H](Cc2ccc(O)cc2)C(N)=O)CC1=O.[NH2-]. The van der Waals surface area contributed by atoms with E-state index in [1.165, 1.54) is 33.7 Å². The molecule has 10 heteroatoms. The Morgan fingerprint density at radius 3 is 2.41 bits per heavy atom. The molecule has 1 fully saturated rings. The van der Waals surface area contributed by atoms with Crippen molar-refractivity contribution >= 4 is 39.1 Å². The first-order valence-corrected chi connectivity index (χ1v) is 10.4. The van der Waals surface area contributed by atoms with E-state index in [0.717, 1.165) is 5.56 Å². The Morgan fingerprint density at radius 1 is 1.22 bits per heavy atom. The minimum Gasteiger partial charge on any atom is -0.693 e. The Balaban J connectivity index is 0.00000338. The standard InChI is InChI=1S/C17H21N2O4S2.K.H2N/c18-14-9-25-24-8-12(7-16(14)22)15(21)6-11(17(19)23)5-10-1-3-13(20)4-2-10;;/h1-4,11-12,14,18,20H,5-9H2,(H2,19,23);;1H2/q-1;+1;-1/t11-,12+,14+;;/m1../s1. The first kappa shape index (κ1) is 27.1. The fraction of sp³-hybridized carbons (Fsp3) is 0.471. The van der Waals surface area contributed by atoms with E-state index in [9.17, 15) is 19.5 Å². The van der Waals surface area contributed by atoms with Gasteiger partial charge in [0.15, 0.2) is 0 Å². The molecule has 3 atom stereocenters. The van der Waals surface area contributed by atoms with Gasteiger partial charge >= 0.3 is 51.4 Å². The Labute approximate surface area is 209 Å². The number of carbonyl (C=O) groups is 3. The third-order valence-corrected chi connectivity index (χ3v) is 6.64. The summed E-state index contributed by atoms with van der Waals surface area (Å²) in [5.74, 6) is -0.982. The molecule has 0 spiro atoms. The molecule has 6 N–H and O–H groups in total. The van der Waals surface area contributed by atoms with Crippen LogP contribution in [0.4, 0.5) is 0 Å². The fourth-order valence-corrected chi connectivity index (χ4v) is 5.05. The van der Waals surface area contributed by atoms with Gasteiger partial charge in [0.05, 0.1) is 0 Å². The molecular weight excluding hydrogens is 413 g/mol. The van der Waals surface area contributed by atoms with Crippen LogP contribution in [0.3, 0.4) is 0 Å². The summed E-state index contributed by atoms with van der Waals surface area (Å²) in [6, 6.07) is 5.62. The summed E-state index contributed by atoms with van der Waals surface area (Å²) in [6.45, 7) is 0. The molecule has 27 heavy (non-hydrogen) atoms. The van der Waals surface area contributed by atoms with E-state index in [2.05, 4.69) is 0 Å². The topological polar surface area (TPSA) is 155 Å². The van der Waals surface area contributed by atoms with Crippen LogP contribution in [0.5, 0.6) is 5.75 Å². The summed E-state index contributed by atoms with van der Waals surface area (Å²) in [5.41, 5.74) is 14.0. The zero-order chi connectivity index (χ0) is 18.4. The number of nitrogens with one attached hydrogen (secondary N) is 1. The van der Waals surface area contributed by atoms with Gasteiger partial charge in [0.1, 0.15) is 17.3 Å². The van der Waals surface area contributed by atoms with Crippen molar-refractivity contribution in [2.24, 2.45) is 17.6 Å². The normalized spacial score (nSPS) is 21.0. The Hall–Kier alpha value is 0.0864. The van der Waals surface area contributed by atoms with Gasteiger partial charge < -0.3 is 27.5 Å². The molecule has 0 radical (unpaired) electrons. The molecule has 0 bridgehead atoms. The molecule has 1 heterocycles. The summed E-state index contributed by atoms with van der Waals surface area (Å²) in [5, 5.41) is 9.31. The number of amides is 1. The van der Waals surface area contributed by atoms with E-state index in [-0.39, 0.29) is 87.7 Å². The van der Waals surface area contributed by atoms with Crippen molar-refractivity contribution in [1.29, 1.82) is 0 Å². The van der Waals surface area contributed by atoms with Crippen LogP contribution in [0.15, 0.2) is 24.3 Å². The van der Waals surface area contributed by atoms with E-state index >= 15 is 0 Å². The molecule has 1 saturated heterocycles. The van der Waals surface area contributed by atoms with Gasteiger partial charge in [-0.05, 0) is 29.9 Å². The van der Waals surface area contributed by atoms with E-state index in [1.54, 1.807) is 12.1 Å². The number of rotatable bonds is 6. The maximum absolute atomic E-state index is 12.6. The van der Waals surface area contributed by atoms with Crippen molar-refractivity contribution in [3.63, 3.8) is 0 Å². The van der Waals surface area contributed by atoms with Crippen molar-refractivity contribution in [3.05, 3.63) is 41.7 Å². The van der Waals surface area contributed by atoms with Crippen molar-refractivity contribution in [2.75, 3.05) is 11.5 Å². The quantitative estimate of drug-likeness (QED) is 0.476. The first-order valence-electron chi connectivity index (χ1n) is 7.95. The number of benzene rings is 1. The molecule has 1 aromatic carbocycles. The Morgan fingerprint density at radius 2 is 1.81 bits per heavy atom. The maximum atomic E-state index is 12.6. The monoisotopic (exact) mass is 436 g/mol. The average Bonchev–Trinajstić information content (AvgIpc) is 2.56. The number of phenols is 1. The third kappa shape index (κ3) is 8.97.